The van der Waals surface area contributed by atoms with Crippen molar-refractivity contribution < 1.29 is 9.59 Å². The fourth-order valence-corrected chi connectivity index (χ4v) is 2.08. The number of nitrogens with zero attached hydrogens (tertiary/aromatic N) is 2. The van der Waals surface area contributed by atoms with Gasteiger partial charge in [0.25, 0.3) is 0 Å². The highest BCUT2D eigenvalue weighted by atomic mass is 16.2. The molecule has 6 heteroatoms. The molecule has 1 aliphatic rings. The van der Waals surface area contributed by atoms with Crippen LogP contribution in [-0.4, -0.2) is 67.4 Å². The number of likely N-dealkylation sites (tertiary alicyclic amines) is 1. The molecule has 1 heterocycles. The molecule has 110 valence electrons. The van der Waals surface area contributed by atoms with E-state index in [4.69, 9.17) is 5.73 Å². The molecule has 2 atom stereocenters. The van der Waals surface area contributed by atoms with E-state index in [0.717, 1.165) is 19.5 Å². The number of amides is 2. The zero-order valence-corrected chi connectivity index (χ0v) is 12.3. The van der Waals surface area contributed by atoms with Crippen LogP contribution < -0.4 is 11.1 Å². The van der Waals surface area contributed by atoms with Crippen molar-refractivity contribution >= 4 is 11.8 Å². The third-order valence-electron chi connectivity index (χ3n) is 3.68. The lowest BCUT2D eigenvalue weighted by atomic mass is 10.1. The summed E-state index contributed by atoms with van der Waals surface area (Å²) in [5.41, 5.74) is 5.72. The third-order valence-corrected chi connectivity index (χ3v) is 3.68. The molecule has 1 saturated heterocycles. The highest BCUT2D eigenvalue weighted by Gasteiger charge is 2.27. The Morgan fingerprint density at radius 1 is 1.42 bits per heavy atom. The van der Waals surface area contributed by atoms with Gasteiger partial charge in [-0.05, 0) is 26.4 Å². The summed E-state index contributed by atoms with van der Waals surface area (Å²) >= 11 is 0. The van der Waals surface area contributed by atoms with Gasteiger partial charge in [0.05, 0.1) is 12.6 Å². The molecule has 0 bridgehead atoms. The minimum atomic E-state index is -0.555. The van der Waals surface area contributed by atoms with Crippen molar-refractivity contribution in [1.82, 2.24) is 15.1 Å². The van der Waals surface area contributed by atoms with Crippen LogP contribution in [0.25, 0.3) is 0 Å². The van der Waals surface area contributed by atoms with Gasteiger partial charge in [0, 0.05) is 19.1 Å². The fraction of sp³-hybridized carbons (Fsp3) is 0.846. The van der Waals surface area contributed by atoms with Crippen LogP contribution >= 0.6 is 0 Å². The minimum Gasteiger partial charge on any atom is -0.346 e. The summed E-state index contributed by atoms with van der Waals surface area (Å²) < 4.78 is 0. The molecule has 0 aromatic carbocycles. The number of carbonyl (C=O) groups excluding carboxylic acids is 2. The summed E-state index contributed by atoms with van der Waals surface area (Å²) in [7, 11) is 4.03. The van der Waals surface area contributed by atoms with E-state index in [2.05, 4.69) is 10.2 Å². The van der Waals surface area contributed by atoms with E-state index in [0.29, 0.717) is 6.04 Å². The maximum absolute atomic E-state index is 12.0. The summed E-state index contributed by atoms with van der Waals surface area (Å²) in [6, 6.07) is -0.140. The van der Waals surface area contributed by atoms with Crippen molar-refractivity contribution in [3.8, 4) is 0 Å². The Hall–Kier alpha value is -1.14. The summed E-state index contributed by atoms with van der Waals surface area (Å²) in [6.45, 7) is 5.30. The van der Waals surface area contributed by atoms with Gasteiger partial charge in [-0.2, -0.15) is 0 Å². The van der Waals surface area contributed by atoms with Crippen LogP contribution in [0.1, 0.15) is 20.3 Å². The molecular formula is C13H26N4O2. The normalized spacial score (nSPS) is 21.0. The molecule has 0 radical (unpaired) electrons. The second kappa shape index (κ2) is 6.86. The Morgan fingerprint density at radius 3 is 2.53 bits per heavy atom. The van der Waals surface area contributed by atoms with Gasteiger partial charge in [0.2, 0.25) is 11.8 Å². The monoisotopic (exact) mass is 270 g/mol. The van der Waals surface area contributed by atoms with Gasteiger partial charge in [0.1, 0.15) is 0 Å². The summed E-state index contributed by atoms with van der Waals surface area (Å²) in [4.78, 5) is 27.5. The second-order valence-corrected chi connectivity index (χ2v) is 5.73. The van der Waals surface area contributed by atoms with Crippen molar-refractivity contribution in [3.05, 3.63) is 0 Å². The van der Waals surface area contributed by atoms with Crippen LogP contribution in [0.2, 0.25) is 0 Å². The lowest BCUT2D eigenvalue weighted by molar-refractivity contribution is -0.132. The van der Waals surface area contributed by atoms with Crippen molar-refractivity contribution in [1.29, 1.82) is 0 Å². The SMILES string of the molecule is CC(C)[C@H](N)C(=O)NCC(=O)N1CCC(N(C)C)C1. The average Bonchev–Trinajstić information content (AvgIpc) is 2.84. The molecule has 1 aliphatic heterocycles. The first-order valence-corrected chi connectivity index (χ1v) is 6.80. The molecule has 0 aromatic rings. The topological polar surface area (TPSA) is 78.7 Å². The van der Waals surface area contributed by atoms with Crippen LogP contribution in [0.3, 0.4) is 0 Å². The number of likely N-dealkylation sites (N-methyl/N-ethyl adjacent to an activating group) is 1. The molecule has 0 saturated carbocycles. The van der Waals surface area contributed by atoms with Gasteiger partial charge in [-0.25, -0.2) is 0 Å². The Kier molecular flexibility index (Phi) is 5.75. The van der Waals surface area contributed by atoms with E-state index >= 15 is 0 Å². The van der Waals surface area contributed by atoms with Gasteiger partial charge in [-0.1, -0.05) is 13.8 Å². The first kappa shape index (κ1) is 15.9. The largest absolute Gasteiger partial charge is 0.346 e. The lowest BCUT2D eigenvalue weighted by Gasteiger charge is -2.21. The van der Waals surface area contributed by atoms with E-state index in [1.165, 1.54) is 0 Å². The molecule has 0 aromatic heterocycles. The maximum Gasteiger partial charge on any atom is 0.242 e. The van der Waals surface area contributed by atoms with Crippen molar-refractivity contribution in [2.45, 2.75) is 32.4 Å². The molecule has 2 amide bonds. The zero-order chi connectivity index (χ0) is 14.6. The average molecular weight is 270 g/mol. The quantitative estimate of drug-likeness (QED) is 0.689. The predicted octanol–water partition coefficient (Wildman–Crippen LogP) is -0.752. The Bertz CT molecular complexity index is 331. The van der Waals surface area contributed by atoms with Crippen molar-refractivity contribution in [2.75, 3.05) is 33.7 Å². The molecule has 1 unspecified atom stereocenters. The van der Waals surface area contributed by atoms with Crippen LogP contribution in [0.4, 0.5) is 0 Å². The number of nitrogens with one attached hydrogen (secondary N) is 1. The standard InChI is InChI=1S/C13H26N4O2/c1-9(2)12(14)13(19)15-7-11(18)17-6-5-10(8-17)16(3)4/h9-10,12H,5-8,14H2,1-4H3,(H,15,19)/t10?,12-/m0/s1. The lowest BCUT2D eigenvalue weighted by Crippen LogP contribution is -2.47. The summed E-state index contributed by atoms with van der Waals surface area (Å²) in [5.74, 6) is -0.222. The Balaban J connectivity index is 2.35. The Labute approximate surface area is 115 Å². The van der Waals surface area contributed by atoms with Crippen LogP contribution in [0.5, 0.6) is 0 Å². The van der Waals surface area contributed by atoms with Crippen LogP contribution in [0, 0.1) is 5.92 Å². The summed E-state index contributed by atoms with van der Waals surface area (Å²) in [5, 5.41) is 2.62. The number of carbonyl (C=O) groups is 2. The molecule has 6 nitrogen and oxygen atoms in total. The highest BCUT2D eigenvalue weighted by molar-refractivity contribution is 5.87. The smallest absolute Gasteiger partial charge is 0.242 e. The molecule has 3 N–H and O–H groups in total. The van der Waals surface area contributed by atoms with Gasteiger partial charge in [0.15, 0.2) is 0 Å². The predicted molar refractivity (Wildman–Crippen MR) is 74.5 cm³/mol. The molecule has 0 aliphatic carbocycles. The van der Waals surface area contributed by atoms with Gasteiger partial charge >= 0.3 is 0 Å². The van der Waals surface area contributed by atoms with E-state index in [9.17, 15) is 9.59 Å². The van der Waals surface area contributed by atoms with E-state index in [1.807, 2.05) is 27.9 Å². The third kappa shape index (κ3) is 4.47. The first-order chi connectivity index (χ1) is 8.82. The van der Waals surface area contributed by atoms with Gasteiger partial charge in [-0.3, -0.25) is 9.59 Å². The van der Waals surface area contributed by atoms with Crippen LogP contribution in [-0.2, 0) is 9.59 Å². The molecular weight excluding hydrogens is 244 g/mol. The van der Waals surface area contributed by atoms with Crippen molar-refractivity contribution in [3.63, 3.8) is 0 Å². The van der Waals surface area contributed by atoms with Gasteiger partial charge < -0.3 is 20.9 Å². The molecule has 1 fully saturated rings. The number of hydrogen-bond acceptors (Lipinski definition) is 4. The zero-order valence-electron chi connectivity index (χ0n) is 12.3. The van der Waals surface area contributed by atoms with E-state index < -0.39 is 6.04 Å². The highest BCUT2D eigenvalue weighted by Crippen LogP contribution is 2.12. The first-order valence-electron chi connectivity index (χ1n) is 6.80. The second-order valence-electron chi connectivity index (χ2n) is 5.73. The van der Waals surface area contributed by atoms with Gasteiger partial charge in [-0.15, -0.1) is 0 Å². The maximum atomic E-state index is 12.0. The van der Waals surface area contributed by atoms with E-state index in [1.54, 1.807) is 4.90 Å². The van der Waals surface area contributed by atoms with Crippen LogP contribution in [0.15, 0.2) is 0 Å². The molecule has 1 rings (SSSR count). The fourth-order valence-electron chi connectivity index (χ4n) is 2.08. The molecule has 19 heavy (non-hydrogen) atoms. The summed E-state index contributed by atoms with van der Waals surface area (Å²) in [6.07, 6.45) is 0.984. The molecule has 0 spiro atoms. The number of hydrogen-bond donors (Lipinski definition) is 2. The number of rotatable bonds is 5. The van der Waals surface area contributed by atoms with E-state index in [-0.39, 0.29) is 24.3 Å². The minimum absolute atomic E-state index is 0.0337. The number of nitrogens with two attached hydrogens (primary N) is 1. The van der Waals surface area contributed by atoms with Crippen molar-refractivity contribution in [2.24, 2.45) is 11.7 Å². The Morgan fingerprint density at radius 2 is 2.05 bits per heavy atom.